The predicted molar refractivity (Wildman–Crippen MR) is 57.6 cm³/mol. The Hall–Kier alpha value is -0.870. The van der Waals surface area contributed by atoms with Crippen LogP contribution in [0.15, 0.2) is 11.6 Å². The Kier molecular flexibility index (Phi) is 3.38. The first-order valence-corrected chi connectivity index (χ1v) is 5.53. The van der Waals surface area contributed by atoms with Crippen LogP contribution in [0, 0.1) is 0 Å². The maximum absolute atomic E-state index is 12.1. The van der Waals surface area contributed by atoms with Gasteiger partial charge in [-0.25, -0.2) is 0 Å². The van der Waals surface area contributed by atoms with E-state index in [4.69, 9.17) is 4.74 Å². The van der Waals surface area contributed by atoms with Crippen molar-refractivity contribution in [1.29, 1.82) is 0 Å². The number of amides is 1. The van der Waals surface area contributed by atoms with Crippen LogP contribution in [0.25, 0.3) is 0 Å². The Morgan fingerprint density at radius 2 is 2.53 bits per heavy atom. The van der Waals surface area contributed by atoms with Gasteiger partial charge >= 0.3 is 0 Å². The molecule has 0 spiro atoms. The maximum atomic E-state index is 12.1. The van der Waals surface area contributed by atoms with Gasteiger partial charge in [0.15, 0.2) is 0 Å². The van der Waals surface area contributed by atoms with Crippen molar-refractivity contribution in [1.82, 2.24) is 10.2 Å². The van der Waals surface area contributed by atoms with Crippen LogP contribution in [-0.2, 0) is 9.53 Å². The fourth-order valence-electron chi connectivity index (χ4n) is 2.04. The van der Waals surface area contributed by atoms with Crippen LogP contribution in [0.2, 0.25) is 0 Å². The Balaban J connectivity index is 1.92. The summed E-state index contributed by atoms with van der Waals surface area (Å²) < 4.78 is 5.30. The molecule has 0 saturated carbocycles. The van der Waals surface area contributed by atoms with E-state index in [0.29, 0.717) is 13.2 Å². The highest BCUT2D eigenvalue weighted by Gasteiger charge is 2.26. The lowest BCUT2D eigenvalue weighted by molar-refractivity contribution is -0.136. The Morgan fingerprint density at radius 1 is 1.67 bits per heavy atom. The zero-order chi connectivity index (χ0) is 10.7. The summed E-state index contributed by atoms with van der Waals surface area (Å²) in [5.41, 5.74) is 1.28. The lowest BCUT2D eigenvalue weighted by Gasteiger charge is -2.32. The molecule has 1 N–H and O–H groups in total. The molecule has 4 heteroatoms. The number of hydrogen-bond acceptors (Lipinski definition) is 3. The van der Waals surface area contributed by atoms with Crippen molar-refractivity contribution in [2.45, 2.75) is 19.4 Å². The summed E-state index contributed by atoms with van der Waals surface area (Å²) >= 11 is 0. The van der Waals surface area contributed by atoms with Crippen molar-refractivity contribution >= 4 is 5.91 Å². The van der Waals surface area contributed by atoms with E-state index in [1.165, 1.54) is 5.57 Å². The minimum Gasteiger partial charge on any atom is -0.378 e. The van der Waals surface area contributed by atoms with E-state index in [9.17, 15) is 4.79 Å². The minimum absolute atomic E-state index is 0.135. The van der Waals surface area contributed by atoms with Crippen LogP contribution in [-0.4, -0.2) is 49.7 Å². The van der Waals surface area contributed by atoms with Crippen molar-refractivity contribution in [2.24, 2.45) is 0 Å². The lowest BCUT2D eigenvalue weighted by Crippen LogP contribution is -2.53. The van der Waals surface area contributed by atoms with Gasteiger partial charge in [0.05, 0.1) is 13.2 Å². The first-order valence-electron chi connectivity index (χ1n) is 5.53. The summed E-state index contributed by atoms with van der Waals surface area (Å²) in [6.45, 7) is 5.69. The second-order valence-corrected chi connectivity index (χ2v) is 4.18. The van der Waals surface area contributed by atoms with E-state index in [-0.39, 0.29) is 11.9 Å². The molecular weight excluding hydrogens is 192 g/mol. The molecule has 0 aromatic carbocycles. The zero-order valence-electron chi connectivity index (χ0n) is 9.16. The molecule has 0 aromatic rings. The summed E-state index contributed by atoms with van der Waals surface area (Å²) in [6.07, 6.45) is 3.18. The van der Waals surface area contributed by atoms with Gasteiger partial charge in [0.25, 0.3) is 0 Å². The standard InChI is InChI=1S/C11H18N2O2/c1-9-3-2-5-13(7-9)11(14)10-8-15-6-4-12-10/h3,10,12H,2,4-8H2,1H3. The van der Waals surface area contributed by atoms with Crippen LogP contribution >= 0.6 is 0 Å². The summed E-state index contributed by atoms with van der Waals surface area (Å²) in [6, 6.07) is -0.135. The fourth-order valence-corrected chi connectivity index (χ4v) is 2.04. The Labute approximate surface area is 90.3 Å². The number of hydrogen-bond donors (Lipinski definition) is 1. The third-order valence-corrected chi connectivity index (χ3v) is 2.86. The van der Waals surface area contributed by atoms with Crippen LogP contribution in [0.1, 0.15) is 13.3 Å². The third-order valence-electron chi connectivity index (χ3n) is 2.86. The number of carbonyl (C=O) groups is 1. The average molecular weight is 210 g/mol. The summed E-state index contributed by atoms with van der Waals surface area (Å²) in [4.78, 5) is 14.0. The molecule has 1 amide bonds. The normalized spacial score (nSPS) is 27.4. The molecule has 1 saturated heterocycles. The monoisotopic (exact) mass is 210 g/mol. The van der Waals surface area contributed by atoms with Gasteiger partial charge in [-0.1, -0.05) is 11.6 Å². The molecule has 1 atom stereocenters. The number of rotatable bonds is 1. The SMILES string of the molecule is CC1=CCCN(C(=O)C2COCCN2)C1. The van der Waals surface area contributed by atoms with Gasteiger partial charge < -0.3 is 15.0 Å². The Morgan fingerprint density at radius 3 is 3.20 bits per heavy atom. The van der Waals surface area contributed by atoms with E-state index < -0.39 is 0 Å². The van der Waals surface area contributed by atoms with Crippen molar-refractivity contribution in [3.63, 3.8) is 0 Å². The molecule has 15 heavy (non-hydrogen) atoms. The number of morpholine rings is 1. The molecule has 0 radical (unpaired) electrons. The number of carbonyl (C=O) groups excluding carboxylic acids is 1. The lowest BCUT2D eigenvalue weighted by atomic mass is 10.1. The van der Waals surface area contributed by atoms with Crippen LogP contribution < -0.4 is 5.32 Å². The van der Waals surface area contributed by atoms with Crippen molar-refractivity contribution < 1.29 is 9.53 Å². The maximum Gasteiger partial charge on any atom is 0.242 e. The van der Waals surface area contributed by atoms with Crippen LogP contribution in [0.5, 0.6) is 0 Å². The van der Waals surface area contributed by atoms with Crippen molar-refractivity contribution in [3.05, 3.63) is 11.6 Å². The molecule has 84 valence electrons. The molecule has 0 aromatic heterocycles. The largest absolute Gasteiger partial charge is 0.378 e. The second kappa shape index (κ2) is 4.77. The highest BCUT2D eigenvalue weighted by atomic mass is 16.5. The van der Waals surface area contributed by atoms with E-state index >= 15 is 0 Å². The number of nitrogens with zero attached hydrogens (tertiary/aromatic N) is 1. The molecule has 2 rings (SSSR count). The minimum atomic E-state index is -0.135. The second-order valence-electron chi connectivity index (χ2n) is 4.18. The molecule has 4 nitrogen and oxygen atoms in total. The Bertz CT molecular complexity index is 270. The molecule has 1 fully saturated rings. The summed E-state index contributed by atoms with van der Waals surface area (Å²) in [5.74, 6) is 0.183. The third kappa shape index (κ3) is 2.58. The van der Waals surface area contributed by atoms with Crippen LogP contribution in [0.3, 0.4) is 0 Å². The van der Waals surface area contributed by atoms with E-state index in [1.54, 1.807) is 0 Å². The highest BCUT2D eigenvalue weighted by Crippen LogP contribution is 2.10. The molecule has 2 aliphatic rings. The van der Waals surface area contributed by atoms with Gasteiger partial charge in [-0.05, 0) is 13.3 Å². The molecule has 0 aliphatic carbocycles. The average Bonchev–Trinajstić information content (AvgIpc) is 2.29. The molecule has 1 unspecified atom stereocenters. The van der Waals surface area contributed by atoms with E-state index in [1.807, 2.05) is 4.90 Å². The van der Waals surface area contributed by atoms with Gasteiger partial charge in [0.2, 0.25) is 5.91 Å². The smallest absolute Gasteiger partial charge is 0.242 e. The molecular formula is C11H18N2O2. The van der Waals surface area contributed by atoms with Gasteiger partial charge in [0, 0.05) is 19.6 Å². The van der Waals surface area contributed by atoms with Gasteiger partial charge in [0.1, 0.15) is 6.04 Å². The predicted octanol–water partition coefficient (Wildman–Crippen LogP) is 0.153. The topological polar surface area (TPSA) is 41.6 Å². The van der Waals surface area contributed by atoms with Gasteiger partial charge in [-0.15, -0.1) is 0 Å². The summed E-state index contributed by atoms with van der Waals surface area (Å²) in [7, 11) is 0. The van der Waals surface area contributed by atoms with Crippen molar-refractivity contribution in [2.75, 3.05) is 32.8 Å². The molecule has 2 heterocycles. The van der Waals surface area contributed by atoms with Crippen LogP contribution in [0.4, 0.5) is 0 Å². The fraction of sp³-hybridized carbons (Fsp3) is 0.727. The summed E-state index contributed by atoms with van der Waals surface area (Å²) in [5, 5.41) is 3.20. The first kappa shape index (κ1) is 10.6. The molecule has 2 aliphatic heterocycles. The first-order chi connectivity index (χ1) is 7.27. The van der Waals surface area contributed by atoms with Gasteiger partial charge in [-0.3, -0.25) is 4.79 Å². The van der Waals surface area contributed by atoms with E-state index in [2.05, 4.69) is 18.3 Å². The number of nitrogens with one attached hydrogen (secondary N) is 1. The van der Waals surface area contributed by atoms with E-state index in [0.717, 1.165) is 26.1 Å². The zero-order valence-corrected chi connectivity index (χ0v) is 9.16. The quantitative estimate of drug-likeness (QED) is 0.627. The van der Waals surface area contributed by atoms with Gasteiger partial charge in [-0.2, -0.15) is 0 Å². The molecule has 0 bridgehead atoms. The van der Waals surface area contributed by atoms with Crippen molar-refractivity contribution in [3.8, 4) is 0 Å². The number of ether oxygens (including phenoxy) is 1. The highest BCUT2D eigenvalue weighted by molar-refractivity contribution is 5.82.